The molecule has 0 aliphatic carbocycles. The molecule has 0 spiro atoms. The summed E-state index contributed by atoms with van der Waals surface area (Å²) in [4.78, 5) is 34.4. The van der Waals surface area contributed by atoms with Crippen LogP contribution in [0.2, 0.25) is 0 Å². The van der Waals surface area contributed by atoms with Gasteiger partial charge < -0.3 is 14.2 Å². The lowest BCUT2D eigenvalue weighted by atomic mass is 9.95. The predicted octanol–water partition coefficient (Wildman–Crippen LogP) is 4.27. The summed E-state index contributed by atoms with van der Waals surface area (Å²) < 4.78 is 9.79. The van der Waals surface area contributed by atoms with Crippen molar-refractivity contribution in [2.45, 2.75) is 33.7 Å². The van der Waals surface area contributed by atoms with Crippen molar-refractivity contribution < 1.29 is 9.53 Å². The van der Waals surface area contributed by atoms with Crippen molar-refractivity contribution in [2.75, 3.05) is 25.6 Å². The van der Waals surface area contributed by atoms with Gasteiger partial charge in [-0.2, -0.15) is 0 Å². The van der Waals surface area contributed by atoms with Crippen molar-refractivity contribution in [1.82, 2.24) is 9.13 Å². The van der Waals surface area contributed by atoms with E-state index in [2.05, 4.69) is 36.6 Å². The number of hydrogen-bond donors (Lipinski definition) is 0. The molecule has 1 aliphatic heterocycles. The maximum absolute atomic E-state index is 14.0. The number of nitrogens with zero attached hydrogens (tertiary/aromatic N) is 4. The van der Waals surface area contributed by atoms with Gasteiger partial charge in [-0.25, -0.2) is 9.79 Å². The first kappa shape index (κ1) is 26.4. The number of rotatable bonds is 6. The van der Waals surface area contributed by atoms with Gasteiger partial charge in [-0.1, -0.05) is 41.7 Å². The molecule has 1 atom stereocenters. The Kier molecular flexibility index (Phi) is 7.14. The number of aromatic nitrogens is 2. The molecule has 4 aromatic rings. The zero-order valence-electron chi connectivity index (χ0n) is 23.1. The number of benzene rings is 2. The summed E-state index contributed by atoms with van der Waals surface area (Å²) in [7, 11) is 3.95. The monoisotopic (exact) mass is 540 g/mol. The maximum atomic E-state index is 14.0. The number of esters is 1. The van der Waals surface area contributed by atoms with Crippen LogP contribution in [0.4, 0.5) is 5.69 Å². The van der Waals surface area contributed by atoms with Crippen LogP contribution in [0.1, 0.15) is 42.4 Å². The van der Waals surface area contributed by atoms with Gasteiger partial charge >= 0.3 is 5.97 Å². The van der Waals surface area contributed by atoms with Crippen LogP contribution in [-0.4, -0.2) is 35.8 Å². The lowest BCUT2D eigenvalue weighted by molar-refractivity contribution is -0.139. The van der Waals surface area contributed by atoms with Gasteiger partial charge in [-0.05, 0) is 75.2 Å². The van der Waals surface area contributed by atoms with Crippen LogP contribution in [-0.2, 0) is 9.53 Å². The van der Waals surface area contributed by atoms with Gasteiger partial charge in [0.15, 0.2) is 4.80 Å². The second kappa shape index (κ2) is 10.5. The van der Waals surface area contributed by atoms with E-state index in [1.807, 2.05) is 67.5 Å². The topological polar surface area (TPSA) is 68.8 Å². The number of allylic oxidation sites excluding steroid dienone is 1. The third kappa shape index (κ3) is 4.76. The Bertz CT molecular complexity index is 1760. The predicted molar refractivity (Wildman–Crippen MR) is 156 cm³/mol. The van der Waals surface area contributed by atoms with E-state index in [-0.39, 0.29) is 12.2 Å². The Hall–Kier alpha value is -4.17. The van der Waals surface area contributed by atoms with Gasteiger partial charge in [0.2, 0.25) is 0 Å². The lowest BCUT2D eigenvalue weighted by Crippen LogP contribution is -2.40. The van der Waals surface area contributed by atoms with E-state index < -0.39 is 12.0 Å². The number of aryl methyl sites for hydroxylation is 1. The number of carbonyl (C=O) groups excluding carboxylic acids is 1. The Morgan fingerprint density at radius 1 is 1.08 bits per heavy atom. The Morgan fingerprint density at radius 3 is 2.41 bits per heavy atom. The molecule has 5 rings (SSSR count). The van der Waals surface area contributed by atoms with Crippen LogP contribution in [0.15, 0.2) is 81.7 Å². The Labute approximate surface area is 231 Å². The van der Waals surface area contributed by atoms with E-state index in [4.69, 9.17) is 9.73 Å². The highest BCUT2D eigenvalue weighted by molar-refractivity contribution is 7.07. The Balaban J connectivity index is 1.69. The molecule has 8 heteroatoms. The molecule has 7 nitrogen and oxygen atoms in total. The third-order valence-corrected chi connectivity index (χ3v) is 8.00. The fourth-order valence-corrected chi connectivity index (χ4v) is 6.15. The quantitative estimate of drug-likeness (QED) is 0.343. The first-order valence-electron chi connectivity index (χ1n) is 12.9. The lowest BCUT2D eigenvalue weighted by Gasteiger charge is -2.25. The molecule has 0 N–H and O–H groups in total. The van der Waals surface area contributed by atoms with Crippen LogP contribution in [0.5, 0.6) is 0 Å². The molecular formula is C31H32N4O3S. The minimum Gasteiger partial charge on any atom is -0.463 e. The average molecular weight is 541 g/mol. The number of thiazole rings is 1. The highest BCUT2D eigenvalue weighted by Gasteiger charge is 2.33. The molecule has 1 aliphatic rings. The smallest absolute Gasteiger partial charge is 0.338 e. The molecule has 0 saturated heterocycles. The second-order valence-electron chi connectivity index (χ2n) is 9.79. The standard InChI is InChI=1S/C31H32N4O3S/c1-7-38-30(37)27-20(3)32-31-35(28(27)22-13-15-24(16-14-22)33(5)6)29(36)26(39-31)18-23-17-19(2)34(21(23)4)25-11-9-8-10-12-25/h8-18,28H,7H2,1-6H3/b26-18+/t28-/m0/s1. The molecule has 3 heterocycles. The highest BCUT2D eigenvalue weighted by atomic mass is 32.1. The molecule has 2 aromatic heterocycles. The summed E-state index contributed by atoms with van der Waals surface area (Å²) in [6, 6.07) is 19.5. The molecule has 2 aromatic carbocycles. The molecule has 200 valence electrons. The van der Waals surface area contributed by atoms with E-state index in [0.29, 0.717) is 20.6 Å². The highest BCUT2D eigenvalue weighted by Crippen LogP contribution is 2.31. The fourth-order valence-electron chi connectivity index (χ4n) is 5.11. The van der Waals surface area contributed by atoms with Crippen molar-refractivity contribution in [2.24, 2.45) is 4.99 Å². The molecule has 0 amide bonds. The maximum Gasteiger partial charge on any atom is 0.338 e. The zero-order valence-corrected chi connectivity index (χ0v) is 23.9. The summed E-state index contributed by atoms with van der Waals surface area (Å²) in [6.45, 7) is 7.93. The summed E-state index contributed by atoms with van der Waals surface area (Å²) in [5.74, 6) is -0.457. The number of carbonyl (C=O) groups is 1. The molecule has 0 bridgehead atoms. The molecule has 0 fully saturated rings. The van der Waals surface area contributed by atoms with Crippen LogP contribution in [0.25, 0.3) is 11.8 Å². The van der Waals surface area contributed by atoms with Crippen molar-refractivity contribution in [3.8, 4) is 5.69 Å². The van der Waals surface area contributed by atoms with E-state index in [1.165, 1.54) is 11.3 Å². The molecule has 39 heavy (non-hydrogen) atoms. The fraction of sp³-hybridized carbons (Fsp3) is 0.258. The van der Waals surface area contributed by atoms with Gasteiger partial charge in [-0.15, -0.1) is 0 Å². The minimum atomic E-state index is -0.629. The average Bonchev–Trinajstić information content (AvgIpc) is 3.37. The molecule has 0 radical (unpaired) electrons. The number of hydrogen-bond acceptors (Lipinski definition) is 6. The van der Waals surface area contributed by atoms with Gasteiger partial charge in [0.05, 0.1) is 28.5 Å². The van der Waals surface area contributed by atoms with Crippen LogP contribution < -0.4 is 19.8 Å². The SMILES string of the molecule is CCOC(=O)C1=C(C)N=c2s/c(=C/c3cc(C)n(-c4ccccc4)c3C)c(=O)n2[C@H]1c1ccc(N(C)C)cc1. The first-order chi connectivity index (χ1) is 18.7. The largest absolute Gasteiger partial charge is 0.463 e. The van der Waals surface area contributed by atoms with E-state index >= 15 is 0 Å². The summed E-state index contributed by atoms with van der Waals surface area (Å²) in [5.41, 5.74) is 6.78. The summed E-state index contributed by atoms with van der Waals surface area (Å²) >= 11 is 1.34. The van der Waals surface area contributed by atoms with Gasteiger partial charge in [0, 0.05) is 36.9 Å². The van der Waals surface area contributed by atoms with Crippen molar-refractivity contribution >= 4 is 29.1 Å². The Morgan fingerprint density at radius 2 is 1.77 bits per heavy atom. The number of ether oxygens (including phenoxy) is 1. The summed E-state index contributed by atoms with van der Waals surface area (Å²) in [6.07, 6.45) is 1.93. The van der Waals surface area contributed by atoms with Crippen LogP contribution in [0.3, 0.4) is 0 Å². The minimum absolute atomic E-state index is 0.181. The van der Waals surface area contributed by atoms with E-state index in [0.717, 1.165) is 33.9 Å². The van der Waals surface area contributed by atoms with Crippen molar-refractivity contribution in [3.05, 3.63) is 114 Å². The van der Waals surface area contributed by atoms with Gasteiger partial charge in [0.1, 0.15) is 0 Å². The van der Waals surface area contributed by atoms with Gasteiger partial charge in [0.25, 0.3) is 5.56 Å². The molecule has 0 saturated carbocycles. The second-order valence-corrected chi connectivity index (χ2v) is 10.8. The zero-order chi connectivity index (χ0) is 27.8. The van der Waals surface area contributed by atoms with E-state index in [1.54, 1.807) is 18.4 Å². The van der Waals surface area contributed by atoms with E-state index in [9.17, 15) is 9.59 Å². The number of anilines is 1. The van der Waals surface area contributed by atoms with Crippen molar-refractivity contribution in [3.63, 3.8) is 0 Å². The van der Waals surface area contributed by atoms with Crippen molar-refractivity contribution in [1.29, 1.82) is 0 Å². The molecule has 0 unspecified atom stereocenters. The van der Waals surface area contributed by atoms with Gasteiger partial charge in [-0.3, -0.25) is 9.36 Å². The van der Waals surface area contributed by atoms with Crippen LogP contribution in [0, 0.1) is 13.8 Å². The molecular weight excluding hydrogens is 508 g/mol. The number of para-hydroxylation sites is 1. The third-order valence-electron chi connectivity index (χ3n) is 7.01. The van der Waals surface area contributed by atoms with Crippen LogP contribution >= 0.6 is 11.3 Å². The normalized spacial score (nSPS) is 15.2. The summed E-state index contributed by atoms with van der Waals surface area (Å²) in [5, 5.41) is 0. The first-order valence-corrected chi connectivity index (χ1v) is 13.7. The number of fused-ring (bicyclic) bond motifs is 1.